The summed E-state index contributed by atoms with van der Waals surface area (Å²) in [6.07, 6.45) is 25.9. The van der Waals surface area contributed by atoms with Gasteiger partial charge < -0.3 is 9.42 Å². The van der Waals surface area contributed by atoms with Gasteiger partial charge in [0, 0.05) is 0 Å². The Hall–Kier alpha value is -0.890. The van der Waals surface area contributed by atoms with Gasteiger partial charge in [-0.05, 0) is 57.1 Å². The maximum atomic E-state index is 10.0. The highest BCUT2D eigenvalue weighted by Crippen LogP contribution is 2.37. The Morgan fingerprint density at radius 1 is 0.788 bits per heavy atom. The van der Waals surface area contributed by atoms with E-state index in [2.05, 4.69) is 26.0 Å². The second-order valence-corrected chi connectivity index (χ2v) is 10.5. The first kappa shape index (κ1) is 30.1. The van der Waals surface area contributed by atoms with Crippen LogP contribution >= 0.6 is 8.60 Å². The van der Waals surface area contributed by atoms with Crippen LogP contribution in [0.4, 0.5) is 0 Å². The second-order valence-electron chi connectivity index (χ2n) is 9.63. The fourth-order valence-electron chi connectivity index (χ4n) is 4.21. The van der Waals surface area contributed by atoms with Crippen LogP contribution in [-0.2, 0) is 4.52 Å². The molecule has 3 unspecified atom stereocenters. The van der Waals surface area contributed by atoms with Crippen LogP contribution < -0.4 is 4.52 Å². The number of hydrogen-bond acceptors (Lipinski definition) is 3. The highest BCUT2D eigenvalue weighted by Gasteiger charge is 2.16. The lowest BCUT2D eigenvalue weighted by Crippen LogP contribution is -2.11. The van der Waals surface area contributed by atoms with Gasteiger partial charge in [0.2, 0.25) is 0 Å². The molecule has 3 atom stereocenters. The Morgan fingerprint density at radius 3 is 1.94 bits per heavy atom. The van der Waals surface area contributed by atoms with E-state index in [0.29, 0.717) is 11.7 Å². The van der Waals surface area contributed by atoms with Crippen LogP contribution in [0.2, 0.25) is 0 Å². The minimum atomic E-state index is -1.87. The smallest absolute Gasteiger partial charge is 0.394 e. The molecule has 0 saturated carbocycles. The van der Waals surface area contributed by atoms with E-state index in [0.717, 1.165) is 6.42 Å². The predicted molar refractivity (Wildman–Crippen MR) is 145 cm³/mol. The van der Waals surface area contributed by atoms with Crippen LogP contribution in [0.15, 0.2) is 42.5 Å². The quantitative estimate of drug-likeness (QED) is 0.102. The number of rotatable bonds is 22. The molecule has 0 amide bonds. The van der Waals surface area contributed by atoms with E-state index < -0.39 is 8.60 Å². The van der Waals surface area contributed by atoms with E-state index in [1.165, 1.54) is 96.3 Å². The summed E-state index contributed by atoms with van der Waals surface area (Å²) in [5.41, 5.74) is 0. The normalized spacial score (nSPS) is 14.4. The van der Waals surface area contributed by atoms with Crippen LogP contribution in [0.5, 0.6) is 5.75 Å². The van der Waals surface area contributed by atoms with Gasteiger partial charge in [-0.1, -0.05) is 115 Å². The zero-order valence-corrected chi connectivity index (χ0v) is 22.6. The van der Waals surface area contributed by atoms with Gasteiger partial charge >= 0.3 is 8.60 Å². The molecule has 33 heavy (non-hydrogen) atoms. The first-order valence-corrected chi connectivity index (χ1v) is 14.8. The highest BCUT2D eigenvalue weighted by atomic mass is 31.2. The summed E-state index contributed by atoms with van der Waals surface area (Å²) < 4.78 is 11.1. The summed E-state index contributed by atoms with van der Waals surface area (Å²) in [5.74, 6) is 1.26. The SMILES string of the molecule is CCCCCCCC/C=C\CCCCCCCCC(C)CC(C)OP(O)Oc1ccccc1. The number of allylic oxidation sites excluding steroid dienone is 2. The third kappa shape index (κ3) is 19.1. The number of hydrogen-bond donors (Lipinski definition) is 1. The van der Waals surface area contributed by atoms with Crippen molar-refractivity contribution in [3.8, 4) is 5.75 Å². The third-order valence-electron chi connectivity index (χ3n) is 6.14. The Morgan fingerprint density at radius 2 is 1.33 bits per heavy atom. The zero-order valence-electron chi connectivity index (χ0n) is 21.7. The molecule has 0 aliphatic rings. The summed E-state index contributed by atoms with van der Waals surface area (Å²) in [7, 11) is -1.87. The maximum absolute atomic E-state index is 10.0. The average Bonchev–Trinajstić information content (AvgIpc) is 2.79. The van der Waals surface area contributed by atoms with Gasteiger partial charge in [-0.15, -0.1) is 0 Å². The molecule has 0 saturated heterocycles. The monoisotopic (exact) mass is 478 g/mol. The Kier molecular flexibility index (Phi) is 19.8. The van der Waals surface area contributed by atoms with Crippen molar-refractivity contribution in [3.63, 3.8) is 0 Å². The molecular weight excluding hydrogens is 427 g/mol. The maximum Gasteiger partial charge on any atom is 0.394 e. The van der Waals surface area contributed by atoms with Gasteiger partial charge in [-0.2, -0.15) is 0 Å². The van der Waals surface area contributed by atoms with Crippen LogP contribution in [0.25, 0.3) is 0 Å². The van der Waals surface area contributed by atoms with Gasteiger partial charge in [0.25, 0.3) is 0 Å². The average molecular weight is 479 g/mol. The number of benzene rings is 1. The van der Waals surface area contributed by atoms with Gasteiger partial charge in [0.1, 0.15) is 5.75 Å². The Labute approximate surface area is 206 Å². The van der Waals surface area contributed by atoms with Crippen molar-refractivity contribution in [2.45, 2.75) is 130 Å². The molecule has 0 aliphatic heterocycles. The lowest BCUT2D eigenvalue weighted by Gasteiger charge is -2.20. The molecule has 0 aliphatic carbocycles. The largest absolute Gasteiger partial charge is 0.427 e. The number of unbranched alkanes of at least 4 members (excludes halogenated alkanes) is 12. The van der Waals surface area contributed by atoms with Crippen molar-refractivity contribution in [3.05, 3.63) is 42.5 Å². The molecule has 1 aromatic rings. The van der Waals surface area contributed by atoms with E-state index in [4.69, 9.17) is 9.05 Å². The molecule has 0 bridgehead atoms. The van der Waals surface area contributed by atoms with Crippen molar-refractivity contribution in [2.75, 3.05) is 0 Å². The van der Waals surface area contributed by atoms with Crippen molar-refractivity contribution >= 4 is 8.60 Å². The third-order valence-corrected chi connectivity index (χ3v) is 7.05. The Balaban J connectivity index is 1.89. The Bertz CT molecular complexity index is 563. The van der Waals surface area contributed by atoms with Gasteiger partial charge in [0.05, 0.1) is 6.10 Å². The van der Waals surface area contributed by atoms with Gasteiger partial charge in [-0.25, -0.2) is 0 Å². The standard InChI is InChI=1S/C29H51O3P/c1-4-5-6-7-8-9-10-11-12-13-14-15-16-17-18-20-23-27(2)26-28(3)31-33(30)32-29-24-21-19-22-25-29/h11-12,19,21-22,24-25,27-28,30H,4-10,13-18,20,23,26H2,1-3H3/b12-11-. The molecule has 1 N–H and O–H groups in total. The van der Waals surface area contributed by atoms with E-state index in [1.54, 1.807) is 0 Å². The molecular formula is C29H51O3P. The minimum Gasteiger partial charge on any atom is -0.427 e. The van der Waals surface area contributed by atoms with E-state index >= 15 is 0 Å². The van der Waals surface area contributed by atoms with Crippen molar-refractivity contribution in [2.24, 2.45) is 5.92 Å². The van der Waals surface area contributed by atoms with Gasteiger partial charge in [-0.3, -0.25) is 4.52 Å². The van der Waals surface area contributed by atoms with E-state index in [1.807, 2.05) is 37.3 Å². The summed E-state index contributed by atoms with van der Waals surface area (Å²) in [6, 6.07) is 9.36. The number of para-hydroxylation sites is 1. The zero-order chi connectivity index (χ0) is 24.0. The lowest BCUT2D eigenvalue weighted by molar-refractivity contribution is 0.162. The molecule has 0 radical (unpaired) electrons. The van der Waals surface area contributed by atoms with E-state index in [9.17, 15) is 4.89 Å². The summed E-state index contributed by atoms with van der Waals surface area (Å²) in [5, 5.41) is 0. The van der Waals surface area contributed by atoms with Crippen LogP contribution in [0.3, 0.4) is 0 Å². The molecule has 4 heteroatoms. The topological polar surface area (TPSA) is 38.7 Å². The predicted octanol–water partition coefficient (Wildman–Crippen LogP) is 10.1. The van der Waals surface area contributed by atoms with Crippen molar-refractivity contribution < 1.29 is 13.9 Å². The lowest BCUT2D eigenvalue weighted by atomic mass is 9.97. The molecule has 0 heterocycles. The summed E-state index contributed by atoms with van der Waals surface area (Å²) in [6.45, 7) is 6.59. The highest BCUT2D eigenvalue weighted by molar-refractivity contribution is 7.41. The van der Waals surface area contributed by atoms with Crippen LogP contribution in [0.1, 0.15) is 124 Å². The van der Waals surface area contributed by atoms with Gasteiger partial charge in [0.15, 0.2) is 0 Å². The molecule has 1 rings (SSSR count). The summed E-state index contributed by atoms with van der Waals surface area (Å²) in [4.78, 5) is 10.0. The fraction of sp³-hybridized carbons (Fsp3) is 0.724. The van der Waals surface area contributed by atoms with E-state index in [-0.39, 0.29) is 6.10 Å². The molecule has 3 nitrogen and oxygen atoms in total. The van der Waals surface area contributed by atoms with Crippen LogP contribution in [-0.4, -0.2) is 11.0 Å². The molecule has 190 valence electrons. The van der Waals surface area contributed by atoms with Crippen molar-refractivity contribution in [1.82, 2.24) is 0 Å². The van der Waals surface area contributed by atoms with Crippen LogP contribution in [0, 0.1) is 5.92 Å². The molecule has 0 aromatic heterocycles. The first-order valence-electron chi connectivity index (χ1n) is 13.7. The van der Waals surface area contributed by atoms with Crippen molar-refractivity contribution in [1.29, 1.82) is 0 Å². The molecule has 1 aromatic carbocycles. The second kappa shape index (κ2) is 21.6. The molecule has 0 fully saturated rings. The first-order chi connectivity index (χ1) is 16.1. The summed E-state index contributed by atoms with van der Waals surface area (Å²) >= 11 is 0. The minimum absolute atomic E-state index is 0.00827. The fourth-order valence-corrected chi connectivity index (χ4v) is 4.95. The molecule has 0 spiro atoms.